The van der Waals surface area contributed by atoms with Crippen molar-refractivity contribution in [3.63, 3.8) is 0 Å². The number of benzene rings is 1. The van der Waals surface area contributed by atoms with Gasteiger partial charge in [0.2, 0.25) is 0 Å². The van der Waals surface area contributed by atoms with Crippen molar-refractivity contribution in [1.29, 1.82) is 0 Å². The number of rotatable bonds is 4. The first-order chi connectivity index (χ1) is 7.81. The van der Waals surface area contributed by atoms with Crippen molar-refractivity contribution in [2.75, 3.05) is 0 Å². The third-order valence-corrected chi connectivity index (χ3v) is 2.67. The van der Waals surface area contributed by atoms with Gasteiger partial charge in [0.05, 0.1) is 0 Å². The van der Waals surface area contributed by atoms with Gasteiger partial charge in [-0.05, 0) is 12.5 Å². The predicted molar refractivity (Wildman–Crippen MR) is 73.7 cm³/mol. The number of hydrogen-bond acceptors (Lipinski definition) is 1. The summed E-state index contributed by atoms with van der Waals surface area (Å²) >= 11 is 0. The Hall–Kier alpha value is -1.54. The van der Waals surface area contributed by atoms with E-state index in [-0.39, 0.29) is 12.4 Å². The summed E-state index contributed by atoms with van der Waals surface area (Å²) < 4.78 is 2.23. The maximum atomic E-state index is 4.35. The Kier molecular flexibility index (Phi) is 4.98. The highest BCUT2D eigenvalue weighted by Crippen LogP contribution is 2.10. The molecule has 0 aliphatic heterocycles. The Morgan fingerprint density at radius 3 is 2.65 bits per heavy atom. The molecule has 0 radical (unpaired) electrons. The van der Waals surface area contributed by atoms with Crippen molar-refractivity contribution in [2.45, 2.75) is 19.9 Å². The molecule has 1 heterocycles. The quantitative estimate of drug-likeness (QED) is 0.759. The van der Waals surface area contributed by atoms with Gasteiger partial charge in [-0.15, -0.1) is 19.0 Å². The van der Waals surface area contributed by atoms with E-state index in [1.165, 1.54) is 11.3 Å². The molecule has 0 unspecified atom stereocenters. The minimum absolute atomic E-state index is 0. The van der Waals surface area contributed by atoms with E-state index in [2.05, 4.69) is 40.4 Å². The highest BCUT2D eigenvalue weighted by Gasteiger charge is 2.05. The van der Waals surface area contributed by atoms with Crippen LogP contribution in [-0.4, -0.2) is 9.55 Å². The first-order valence-electron chi connectivity index (χ1n) is 5.47. The standard InChI is InChI=1S/C14H16N2.ClH/c1-3-7-14-10-15-12(2)16(14)11-13-8-5-4-6-9-13;/h3-6,8-10H,1,7,11H2,2H3;1H. The van der Waals surface area contributed by atoms with Gasteiger partial charge in [-0.3, -0.25) is 0 Å². The second kappa shape index (κ2) is 6.26. The van der Waals surface area contributed by atoms with Gasteiger partial charge in [-0.2, -0.15) is 0 Å². The molecule has 3 heteroatoms. The number of hydrogen-bond donors (Lipinski definition) is 0. The zero-order valence-corrected chi connectivity index (χ0v) is 10.8. The SMILES string of the molecule is C=CCc1cnc(C)n1Cc1ccccc1.Cl. The molecule has 1 aromatic carbocycles. The van der Waals surface area contributed by atoms with E-state index >= 15 is 0 Å². The maximum absolute atomic E-state index is 4.35. The number of allylic oxidation sites excluding steroid dienone is 1. The van der Waals surface area contributed by atoms with Crippen LogP contribution in [0.4, 0.5) is 0 Å². The van der Waals surface area contributed by atoms with Crippen LogP contribution in [0.15, 0.2) is 49.2 Å². The van der Waals surface area contributed by atoms with Gasteiger partial charge in [-0.1, -0.05) is 36.4 Å². The van der Waals surface area contributed by atoms with Gasteiger partial charge < -0.3 is 4.57 Å². The average Bonchev–Trinajstić information content (AvgIpc) is 2.64. The molecule has 0 aliphatic carbocycles. The number of halogens is 1. The van der Waals surface area contributed by atoms with E-state index in [1.54, 1.807) is 0 Å². The van der Waals surface area contributed by atoms with Crippen LogP contribution in [-0.2, 0) is 13.0 Å². The smallest absolute Gasteiger partial charge is 0.106 e. The Morgan fingerprint density at radius 2 is 2.00 bits per heavy atom. The van der Waals surface area contributed by atoms with Crippen molar-refractivity contribution in [1.82, 2.24) is 9.55 Å². The molecule has 0 N–H and O–H groups in total. The monoisotopic (exact) mass is 248 g/mol. The molecule has 2 aromatic rings. The molecule has 0 aliphatic rings. The van der Waals surface area contributed by atoms with Gasteiger partial charge >= 0.3 is 0 Å². The summed E-state index contributed by atoms with van der Waals surface area (Å²) in [5, 5.41) is 0. The molecule has 17 heavy (non-hydrogen) atoms. The van der Waals surface area contributed by atoms with Crippen LogP contribution in [0, 0.1) is 6.92 Å². The Morgan fingerprint density at radius 1 is 1.29 bits per heavy atom. The third kappa shape index (κ3) is 3.21. The first kappa shape index (κ1) is 13.5. The van der Waals surface area contributed by atoms with Gasteiger partial charge in [0, 0.05) is 24.9 Å². The molecule has 0 spiro atoms. The average molecular weight is 249 g/mol. The fourth-order valence-electron chi connectivity index (χ4n) is 1.81. The fourth-order valence-corrected chi connectivity index (χ4v) is 1.81. The lowest BCUT2D eigenvalue weighted by Crippen LogP contribution is -2.05. The molecule has 0 amide bonds. The second-order valence-corrected chi connectivity index (χ2v) is 3.86. The lowest BCUT2D eigenvalue weighted by molar-refractivity contribution is 0.727. The summed E-state index contributed by atoms with van der Waals surface area (Å²) in [6, 6.07) is 10.4. The lowest BCUT2D eigenvalue weighted by atomic mass is 10.2. The van der Waals surface area contributed by atoms with Gasteiger partial charge in [0.1, 0.15) is 5.82 Å². The van der Waals surface area contributed by atoms with Crippen LogP contribution in [0.3, 0.4) is 0 Å². The maximum Gasteiger partial charge on any atom is 0.106 e. The largest absolute Gasteiger partial charge is 0.328 e. The second-order valence-electron chi connectivity index (χ2n) is 3.86. The summed E-state index contributed by atoms with van der Waals surface area (Å²) in [6.07, 6.45) is 4.71. The zero-order valence-electron chi connectivity index (χ0n) is 9.97. The van der Waals surface area contributed by atoms with Crippen LogP contribution in [0.25, 0.3) is 0 Å². The molecule has 0 saturated heterocycles. The van der Waals surface area contributed by atoms with Gasteiger partial charge in [0.15, 0.2) is 0 Å². The van der Waals surface area contributed by atoms with Crippen LogP contribution in [0.1, 0.15) is 17.1 Å². The molecule has 0 fully saturated rings. The zero-order chi connectivity index (χ0) is 11.4. The van der Waals surface area contributed by atoms with Crippen LogP contribution in [0.2, 0.25) is 0 Å². The Balaban J connectivity index is 0.00000144. The minimum atomic E-state index is 0. The highest BCUT2D eigenvalue weighted by atomic mass is 35.5. The molecule has 1 aromatic heterocycles. The Bertz CT molecular complexity index is 474. The first-order valence-corrected chi connectivity index (χ1v) is 5.47. The predicted octanol–water partition coefficient (Wildman–Crippen LogP) is 3.39. The summed E-state index contributed by atoms with van der Waals surface area (Å²) in [5.74, 6) is 1.06. The van der Waals surface area contributed by atoms with E-state index in [0.29, 0.717) is 0 Å². The van der Waals surface area contributed by atoms with Crippen molar-refractivity contribution in [2.24, 2.45) is 0 Å². The van der Waals surface area contributed by atoms with Crippen molar-refractivity contribution in [3.8, 4) is 0 Å². The summed E-state index contributed by atoms with van der Waals surface area (Å²) in [7, 11) is 0. The van der Waals surface area contributed by atoms with E-state index in [0.717, 1.165) is 18.8 Å². The third-order valence-electron chi connectivity index (χ3n) is 2.67. The van der Waals surface area contributed by atoms with Crippen molar-refractivity contribution < 1.29 is 0 Å². The fraction of sp³-hybridized carbons (Fsp3) is 0.214. The van der Waals surface area contributed by atoms with Crippen LogP contribution in [0.5, 0.6) is 0 Å². The number of imidazole rings is 1. The molecule has 0 bridgehead atoms. The highest BCUT2D eigenvalue weighted by molar-refractivity contribution is 5.85. The van der Waals surface area contributed by atoms with E-state index in [4.69, 9.17) is 0 Å². The van der Waals surface area contributed by atoms with Crippen LogP contribution < -0.4 is 0 Å². The normalized spacial score (nSPS) is 9.71. The lowest BCUT2D eigenvalue weighted by Gasteiger charge is -2.09. The molecule has 2 rings (SSSR count). The summed E-state index contributed by atoms with van der Waals surface area (Å²) in [5.41, 5.74) is 2.52. The summed E-state index contributed by atoms with van der Waals surface area (Å²) in [4.78, 5) is 4.35. The molecular weight excluding hydrogens is 232 g/mol. The van der Waals surface area contributed by atoms with Gasteiger partial charge in [-0.25, -0.2) is 4.98 Å². The molecule has 90 valence electrons. The van der Waals surface area contributed by atoms with Gasteiger partial charge in [0.25, 0.3) is 0 Å². The van der Waals surface area contributed by atoms with E-state index < -0.39 is 0 Å². The number of aryl methyl sites for hydroxylation is 1. The molecule has 0 atom stereocenters. The number of nitrogens with zero attached hydrogens (tertiary/aromatic N) is 2. The minimum Gasteiger partial charge on any atom is -0.328 e. The van der Waals surface area contributed by atoms with Crippen molar-refractivity contribution >= 4 is 12.4 Å². The van der Waals surface area contributed by atoms with Crippen LogP contribution >= 0.6 is 12.4 Å². The molecule has 2 nitrogen and oxygen atoms in total. The van der Waals surface area contributed by atoms with E-state index in [1.807, 2.05) is 25.3 Å². The molecule has 0 saturated carbocycles. The Labute approximate surface area is 108 Å². The number of aromatic nitrogens is 2. The summed E-state index contributed by atoms with van der Waals surface area (Å²) in [6.45, 7) is 6.69. The van der Waals surface area contributed by atoms with E-state index in [9.17, 15) is 0 Å². The topological polar surface area (TPSA) is 17.8 Å². The molecular formula is C14H17ClN2. The van der Waals surface area contributed by atoms with Crippen molar-refractivity contribution in [3.05, 3.63) is 66.3 Å².